The first-order chi connectivity index (χ1) is 9.09. The maximum absolute atomic E-state index is 12.0. The number of nitrogens with one attached hydrogen (secondary N) is 1. The normalized spacial score (nSPS) is 22.2. The van der Waals surface area contributed by atoms with E-state index in [4.69, 9.17) is 0 Å². The third kappa shape index (κ3) is 3.18. The topological polar surface area (TPSA) is 78.4 Å². The molecule has 0 aliphatic carbocycles. The van der Waals surface area contributed by atoms with Crippen LogP contribution >= 0.6 is 23.3 Å². The first-order valence-electron chi connectivity index (χ1n) is 6.25. The Bertz CT molecular complexity index is 450. The monoisotopic (exact) mass is 302 g/mol. The minimum atomic E-state index is -0.436. The molecule has 1 aliphatic rings. The molecule has 0 aromatic carbocycles. The van der Waals surface area contributed by atoms with Gasteiger partial charge in [0.05, 0.1) is 12.1 Å². The Labute approximate surface area is 120 Å². The maximum Gasteiger partial charge on any atom is 0.324 e. The number of nitrogens with zero attached hydrogens (tertiary/aromatic N) is 3. The molecule has 1 aromatic rings. The number of rotatable bonds is 5. The zero-order valence-electron chi connectivity index (χ0n) is 11.0. The highest BCUT2D eigenvalue weighted by atomic mass is 32.2. The number of aromatic nitrogens is 2. The van der Waals surface area contributed by atoms with Crippen molar-refractivity contribution in [3.05, 3.63) is 0 Å². The average Bonchev–Trinajstić information content (AvgIpc) is 2.81. The van der Waals surface area contributed by atoms with Gasteiger partial charge in [0.25, 0.3) is 0 Å². The molecule has 1 aliphatic heterocycles. The molecule has 8 heteroatoms. The molecule has 0 saturated carbocycles. The first kappa shape index (κ1) is 14.5. The van der Waals surface area contributed by atoms with Gasteiger partial charge in [-0.15, -0.1) is 0 Å². The maximum atomic E-state index is 12.0. The number of thioether (sulfide) groups is 1. The lowest BCUT2D eigenvalue weighted by Gasteiger charge is -2.49. The van der Waals surface area contributed by atoms with Crippen LogP contribution in [-0.4, -0.2) is 49.8 Å². The number of hydrogen-bond acceptors (Lipinski definition) is 6. The van der Waals surface area contributed by atoms with Crippen LogP contribution in [0.1, 0.15) is 26.7 Å². The van der Waals surface area contributed by atoms with Gasteiger partial charge >= 0.3 is 6.03 Å². The van der Waals surface area contributed by atoms with Crippen molar-refractivity contribution in [2.45, 2.75) is 37.4 Å². The molecule has 1 atom stereocenters. The predicted molar refractivity (Wildman–Crippen MR) is 76.8 cm³/mol. The van der Waals surface area contributed by atoms with Gasteiger partial charge in [-0.1, -0.05) is 18.7 Å². The second-order valence-electron chi connectivity index (χ2n) is 4.72. The van der Waals surface area contributed by atoms with Crippen molar-refractivity contribution in [3.63, 3.8) is 0 Å². The molecule has 0 radical (unpaired) electrons. The Morgan fingerprint density at radius 1 is 1.68 bits per heavy atom. The zero-order chi connectivity index (χ0) is 13.9. The van der Waals surface area contributed by atoms with Gasteiger partial charge in [-0.25, -0.2) is 4.79 Å². The van der Waals surface area contributed by atoms with E-state index in [1.807, 2.05) is 6.92 Å². The molecule has 19 heavy (non-hydrogen) atoms. The molecule has 1 fully saturated rings. The number of aliphatic hydroxyl groups is 1. The molecule has 2 N–H and O–H groups in total. The fourth-order valence-electron chi connectivity index (χ4n) is 1.79. The molecule has 2 amide bonds. The van der Waals surface area contributed by atoms with E-state index in [1.54, 1.807) is 16.7 Å². The summed E-state index contributed by atoms with van der Waals surface area (Å²) in [5.41, 5.74) is -0.436. The van der Waals surface area contributed by atoms with E-state index in [0.717, 1.165) is 18.6 Å². The van der Waals surface area contributed by atoms with Gasteiger partial charge in [-0.3, -0.25) is 5.32 Å². The summed E-state index contributed by atoms with van der Waals surface area (Å²) in [5.74, 6) is 0.971. The van der Waals surface area contributed by atoms with Gasteiger partial charge in [0.1, 0.15) is 0 Å². The number of aliphatic hydroxyl groups excluding tert-OH is 1. The Morgan fingerprint density at radius 2 is 2.47 bits per heavy atom. The Kier molecular flexibility index (Phi) is 4.64. The summed E-state index contributed by atoms with van der Waals surface area (Å²) in [4.78, 5) is 17.9. The van der Waals surface area contributed by atoms with Gasteiger partial charge in [0.15, 0.2) is 0 Å². The molecule has 2 rings (SSSR count). The van der Waals surface area contributed by atoms with Crippen LogP contribution in [0.3, 0.4) is 0 Å². The van der Waals surface area contributed by atoms with Crippen LogP contribution in [0.15, 0.2) is 5.16 Å². The number of likely N-dealkylation sites (tertiary alicyclic amines) is 1. The fraction of sp³-hybridized carbons (Fsp3) is 0.727. The van der Waals surface area contributed by atoms with Crippen LogP contribution in [0.25, 0.3) is 0 Å². The third-order valence-electron chi connectivity index (χ3n) is 3.17. The molecular weight excluding hydrogens is 284 g/mol. The van der Waals surface area contributed by atoms with Crippen molar-refractivity contribution in [3.8, 4) is 0 Å². The van der Waals surface area contributed by atoms with Gasteiger partial charge in [-0.05, 0) is 19.8 Å². The summed E-state index contributed by atoms with van der Waals surface area (Å²) in [6.45, 7) is 4.62. The van der Waals surface area contributed by atoms with Crippen LogP contribution in [0.4, 0.5) is 9.93 Å². The van der Waals surface area contributed by atoms with E-state index in [2.05, 4.69) is 21.6 Å². The Balaban J connectivity index is 1.90. The van der Waals surface area contributed by atoms with Crippen molar-refractivity contribution in [2.75, 3.05) is 24.2 Å². The van der Waals surface area contributed by atoms with E-state index in [0.29, 0.717) is 16.8 Å². The van der Waals surface area contributed by atoms with Crippen molar-refractivity contribution >= 4 is 34.5 Å². The van der Waals surface area contributed by atoms with E-state index >= 15 is 0 Å². The van der Waals surface area contributed by atoms with Crippen LogP contribution in [0, 0.1) is 0 Å². The van der Waals surface area contributed by atoms with Crippen molar-refractivity contribution in [2.24, 2.45) is 0 Å². The van der Waals surface area contributed by atoms with Crippen LogP contribution < -0.4 is 5.32 Å². The lowest BCUT2D eigenvalue weighted by Crippen LogP contribution is -2.63. The molecule has 106 valence electrons. The van der Waals surface area contributed by atoms with Crippen molar-refractivity contribution in [1.29, 1.82) is 0 Å². The summed E-state index contributed by atoms with van der Waals surface area (Å²) in [6, 6.07) is -0.217. The summed E-state index contributed by atoms with van der Waals surface area (Å²) in [7, 11) is 0. The standard InChI is InChI=1S/C11H18N4O2S2/c1-3-6-18-9-12-8(19-14-9)13-10(17)15-5-4-11(15,2)7-16/h16H,3-7H2,1-2H3,(H,12,13,14,17). The Hall–Kier alpha value is -0.860. The average molecular weight is 302 g/mol. The summed E-state index contributed by atoms with van der Waals surface area (Å²) in [5, 5.41) is 13.2. The summed E-state index contributed by atoms with van der Waals surface area (Å²) < 4.78 is 4.18. The number of anilines is 1. The molecular formula is C11H18N4O2S2. The number of carbonyl (C=O) groups is 1. The second kappa shape index (κ2) is 6.06. The van der Waals surface area contributed by atoms with E-state index < -0.39 is 5.54 Å². The van der Waals surface area contributed by atoms with Crippen LogP contribution in [0.2, 0.25) is 0 Å². The largest absolute Gasteiger partial charge is 0.394 e. The fourth-order valence-corrected chi connectivity index (χ4v) is 3.18. The van der Waals surface area contributed by atoms with E-state index in [-0.39, 0.29) is 12.6 Å². The first-order valence-corrected chi connectivity index (χ1v) is 8.01. The molecule has 1 unspecified atom stereocenters. The van der Waals surface area contributed by atoms with Gasteiger partial charge < -0.3 is 10.0 Å². The highest BCUT2D eigenvalue weighted by Crippen LogP contribution is 2.30. The minimum Gasteiger partial charge on any atom is -0.394 e. The lowest BCUT2D eigenvalue weighted by atomic mass is 9.88. The smallest absolute Gasteiger partial charge is 0.324 e. The molecule has 0 bridgehead atoms. The molecule has 0 spiro atoms. The lowest BCUT2D eigenvalue weighted by molar-refractivity contribution is -0.00135. The minimum absolute atomic E-state index is 0.0197. The summed E-state index contributed by atoms with van der Waals surface area (Å²) in [6.07, 6.45) is 1.89. The van der Waals surface area contributed by atoms with Crippen molar-refractivity contribution < 1.29 is 9.90 Å². The van der Waals surface area contributed by atoms with Crippen LogP contribution in [-0.2, 0) is 0 Å². The molecule has 1 saturated heterocycles. The SMILES string of the molecule is CCCSc1nsc(NC(=O)N2CCC2(C)CO)n1. The van der Waals surface area contributed by atoms with Crippen LogP contribution in [0.5, 0.6) is 0 Å². The zero-order valence-corrected chi connectivity index (χ0v) is 12.7. The molecule has 6 nitrogen and oxygen atoms in total. The highest BCUT2D eigenvalue weighted by Gasteiger charge is 2.43. The summed E-state index contributed by atoms with van der Waals surface area (Å²) >= 11 is 2.77. The molecule has 2 heterocycles. The highest BCUT2D eigenvalue weighted by molar-refractivity contribution is 7.99. The number of urea groups is 1. The van der Waals surface area contributed by atoms with Gasteiger partial charge in [0.2, 0.25) is 10.3 Å². The number of carbonyl (C=O) groups excluding carboxylic acids is 1. The second-order valence-corrected chi connectivity index (χ2v) is 6.53. The van der Waals surface area contributed by atoms with Gasteiger partial charge in [0, 0.05) is 23.8 Å². The molecule has 1 aromatic heterocycles. The van der Waals surface area contributed by atoms with E-state index in [1.165, 1.54) is 11.5 Å². The third-order valence-corrected chi connectivity index (χ3v) is 4.97. The van der Waals surface area contributed by atoms with Gasteiger partial charge in [-0.2, -0.15) is 9.36 Å². The number of hydrogen-bond donors (Lipinski definition) is 2. The Morgan fingerprint density at radius 3 is 3.05 bits per heavy atom. The quantitative estimate of drug-likeness (QED) is 0.814. The van der Waals surface area contributed by atoms with E-state index in [9.17, 15) is 9.90 Å². The van der Waals surface area contributed by atoms with Crippen molar-refractivity contribution in [1.82, 2.24) is 14.3 Å². The predicted octanol–water partition coefficient (Wildman–Crippen LogP) is 2.03. The number of amides is 2.